The Morgan fingerprint density at radius 3 is 2.97 bits per heavy atom. The lowest BCUT2D eigenvalue weighted by Gasteiger charge is -2.55. The van der Waals surface area contributed by atoms with Crippen molar-refractivity contribution in [2.45, 2.75) is 44.8 Å². The zero-order valence-electron chi connectivity index (χ0n) is 17.2. The lowest BCUT2D eigenvalue weighted by molar-refractivity contribution is -0.146. The summed E-state index contributed by atoms with van der Waals surface area (Å²) in [5.41, 5.74) is -0.188. The van der Waals surface area contributed by atoms with Gasteiger partial charge < -0.3 is 24.8 Å². The van der Waals surface area contributed by atoms with Crippen LogP contribution in [-0.2, 0) is 9.53 Å². The standard InChI is InChI=1S/C22H30N2O5/c1-3-28-10-4-9-23-20(25)18-11-15-6-5-14(18)13-22(15)24-21(26)17-8-7-16(27-2)12-19(17)29-22/h7-8,12,14-15,18H,3-6,9-11,13H2,1-2H3,(H,23,25)(H,24,26)/t14-,15+,18+,22+/m0/s1. The van der Waals surface area contributed by atoms with Gasteiger partial charge in [0.2, 0.25) is 5.91 Å². The summed E-state index contributed by atoms with van der Waals surface area (Å²) in [5.74, 6) is 1.55. The SMILES string of the molecule is CCOCCCNC(=O)[C@@H]1C[C@H]2CC[C@H]1C[C@]21NC(=O)c2ccc(OC)cc2O1. The molecule has 3 fully saturated rings. The van der Waals surface area contributed by atoms with Crippen LogP contribution in [0.3, 0.4) is 0 Å². The Bertz CT molecular complexity index is 782. The van der Waals surface area contributed by atoms with Crippen molar-refractivity contribution >= 4 is 11.8 Å². The van der Waals surface area contributed by atoms with Crippen molar-refractivity contribution in [3.05, 3.63) is 23.8 Å². The summed E-state index contributed by atoms with van der Waals surface area (Å²) in [6, 6.07) is 5.27. The van der Waals surface area contributed by atoms with Gasteiger partial charge >= 0.3 is 0 Å². The topological polar surface area (TPSA) is 85.9 Å². The van der Waals surface area contributed by atoms with Crippen molar-refractivity contribution in [1.29, 1.82) is 0 Å². The van der Waals surface area contributed by atoms with Crippen molar-refractivity contribution < 1.29 is 23.8 Å². The molecule has 0 aromatic heterocycles. The zero-order valence-corrected chi connectivity index (χ0v) is 17.2. The largest absolute Gasteiger partial charge is 0.497 e. The van der Waals surface area contributed by atoms with E-state index in [1.54, 1.807) is 25.3 Å². The fourth-order valence-electron chi connectivity index (χ4n) is 5.10. The number of nitrogens with one attached hydrogen (secondary N) is 2. The van der Waals surface area contributed by atoms with Gasteiger partial charge in [-0.25, -0.2) is 0 Å². The summed E-state index contributed by atoms with van der Waals surface area (Å²) in [6.07, 6.45) is 4.17. The first kappa shape index (κ1) is 20.0. The number of benzene rings is 1. The molecule has 2 N–H and O–H groups in total. The van der Waals surface area contributed by atoms with E-state index < -0.39 is 5.72 Å². The summed E-state index contributed by atoms with van der Waals surface area (Å²) in [6.45, 7) is 3.97. The van der Waals surface area contributed by atoms with Gasteiger partial charge in [-0.2, -0.15) is 0 Å². The van der Waals surface area contributed by atoms with Crippen LogP contribution in [0.4, 0.5) is 0 Å². The molecule has 5 rings (SSSR count). The van der Waals surface area contributed by atoms with Crippen molar-refractivity contribution in [3.8, 4) is 11.5 Å². The zero-order chi connectivity index (χ0) is 20.4. The fraction of sp³-hybridized carbons (Fsp3) is 0.636. The predicted octanol–water partition coefficient (Wildman–Crippen LogP) is 2.49. The molecule has 0 saturated heterocycles. The number of rotatable bonds is 7. The molecule has 3 saturated carbocycles. The number of carbonyl (C=O) groups excluding carboxylic acids is 2. The maximum absolute atomic E-state index is 12.8. The number of ether oxygens (including phenoxy) is 3. The lowest BCUT2D eigenvalue weighted by Crippen LogP contribution is -2.66. The third kappa shape index (κ3) is 3.80. The summed E-state index contributed by atoms with van der Waals surface area (Å²) in [4.78, 5) is 25.5. The molecular weight excluding hydrogens is 372 g/mol. The number of hydrogen-bond donors (Lipinski definition) is 2. The summed E-state index contributed by atoms with van der Waals surface area (Å²) < 4.78 is 17.0. The first-order chi connectivity index (χ1) is 14.1. The van der Waals surface area contributed by atoms with Gasteiger partial charge in [-0.1, -0.05) is 0 Å². The molecule has 1 spiro atoms. The number of fused-ring (bicyclic) bond motifs is 3. The maximum atomic E-state index is 12.8. The van der Waals surface area contributed by atoms with Gasteiger partial charge in [0.15, 0.2) is 5.72 Å². The monoisotopic (exact) mass is 402 g/mol. The van der Waals surface area contributed by atoms with Crippen LogP contribution in [0, 0.1) is 17.8 Å². The second-order valence-corrected chi connectivity index (χ2v) is 8.23. The van der Waals surface area contributed by atoms with Gasteiger partial charge in [0.25, 0.3) is 5.91 Å². The third-order valence-electron chi connectivity index (χ3n) is 6.57. The van der Waals surface area contributed by atoms with Crippen LogP contribution >= 0.6 is 0 Å². The molecule has 0 radical (unpaired) electrons. The summed E-state index contributed by atoms with van der Waals surface area (Å²) in [5, 5.41) is 6.20. The molecule has 2 amide bonds. The Morgan fingerprint density at radius 1 is 1.38 bits per heavy atom. The van der Waals surface area contributed by atoms with Gasteiger partial charge in [0.05, 0.1) is 12.7 Å². The van der Waals surface area contributed by atoms with Gasteiger partial charge in [0, 0.05) is 44.1 Å². The first-order valence-corrected chi connectivity index (χ1v) is 10.6. The third-order valence-corrected chi connectivity index (χ3v) is 6.57. The normalized spacial score (nSPS) is 29.7. The second-order valence-electron chi connectivity index (χ2n) is 8.23. The number of hydrogen-bond acceptors (Lipinski definition) is 5. The molecule has 4 aliphatic rings. The Morgan fingerprint density at radius 2 is 2.24 bits per heavy atom. The number of amides is 2. The molecule has 1 aromatic rings. The number of methoxy groups -OCH3 is 1. The average Bonchev–Trinajstić information content (AvgIpc) is 2.73. The Labute approximate surface area is 171 Å². The Hall–Kier alpha value is -2.28. The van der Waals surface area contributed by atoms with Crippen LogP contribution in [0.25, 0.3) is 0 Å². The maximum Gasteiger partial charge on any atom is 0.258 e. The smallest absolute Gasteiger partial charge is 0.258 e. The summed E-state index contributed by atoms with van der Waals surface area (Å²) >= 11 is 0. The molecule has 1 aromatic carbocycles. The molecule has 3 aliphatic carbocycles. The highest BCUT2D eigenvalue weighted by atomic mass is 16.5. The molecule has 7 nitrogen and oxygen atoms in total. The highest BCUT2D eigenvalue weighted by Gasteiger charge is 2.57. The van der Waals surface area contributed by atoms with Crippen molar-refractivity contribution in [1.82, 2.24) is 10.6 Å². The van der Waals surface area contributed by atoms with Crippen LogP contribution in [0.2, 0.25) is 0 Å². The molecular formula is C22H30N2O5. The first-order valence-electron chi connectivity index (χ1n) is 10.6. The molecule has 1 aliphatic heterocycles. The van der Waals surface area contributed by atoms with E-state index in [9.17, 15) is 9.59 Å². The van der Waals surface area contributed by atoms with Crippen LogP contribution in [0.1, 0.15) is 49.4 Å². The van der Waals surface area contributed by atoms with E-state index >= 15 is 0 Å². The molecule has 1 heterocycles. The minimum Gasteiger partial charge on any atom is -0.497 e. The van der Waals surface area contributed by atoms with Crippen LogP contribution in [-0.4, -0.2) is 44.4 Å². The lowest BCUT2D eigenvalue weighted by atomic mass is 9.60. The molecule has 7 heteroatoms. The van der Waals surface area contributed by atoms with E-state index in [-0.39, 0.29) is 29.6 Å². The fourth-order valence-corrected chi connectivity index (χ4v) is 5.10. The molecule has 0 unspecified atom stereocenters. The van der Waals surface area contributed by atoms with Gasteiger partial charge in [-0.3, -0.25) is 9.59 Å². The second kappa shape index (κ2) is 8.22. The van der Waals surface area contributed by atoms with Gasteiger partial charge in [0.1, 0.15) is 11.5 Å². The molecule has 2 bridgehead atoms. The highest BCUT2D eigenvalue weighted by molar-refractivity contribution is 5.98. The van der Waals surface area contributed by atoms with E-state index in [1.165, 1.54) is 0 Å². The van der Waals surface area contributed by atoms with Crippen LogP contribution in [0.5, 0.6) is 11.5 Å². The average molecular weight is 402 g/mol. The van der Waals surface area contributed by atoms with Gasteiger partial charge in [-0.15, -0.1) is 0 Å². The van der Waals surface area contributed by atoms with Crippen molar-refractivity contribution in [2.24, 2.45) is 17.8 Å². The van der Waals surface area contributed by atoms with Crippen LogP contribution in [0.15, 0.2) is 18.2 Å². The predicted molar refractivity (Wildman–Crippen MR) is 107 cm³/mol. The minimum atomic E-state index is -0.717. The summed E-state index contributed by atoms with van der Waals surface area (Å²) in [7, 11) is 1.60. The number of carbonyl (C=O) groups is 2. The minimum absolute atomic E-state index is 0.0151. The van der Waals surface area contributed by atoms with Crippen molar-refractivity contribution in [3.63, 3.8) is 0 Å². The van der Waals surface area contributed by atoms with Crippen LogP contribution < -0.4 is 20.1 Å². The van der Waals surface area contributed by atoms with E-state index in [2.05, 4.69) is 10.6 Å². The quantitative estimate of drug-likeness (QED) is 0.685. The van der Waals surface area contributed by atoms with Crippen molar-refractivity contribution in [2.75, 3.05) is 26.9 Å². The van der Waals surface area contributed by atoms with E-state index in [0.717, 1.165) is 25.7 Å². The molecule has 4 atom stereocenters. The van der Waals surface area contributed by atoms with E-state index in [4.69, 9.17) is 14.2 Å². The van der Waals surface area contributed by atoms with Gasteiger partial charge in [-0.05, 0) is 50.7 Å². The van der Waals surface area contributed by atoms with E-state index in [1.807, 2.05) is 6.92 Å². The molecule has 29 heavy (non-hydrogen) atoms. The Kier molecular flexibility index (Phi) is 5.67. The Balaban J connectivity index is 1.43. The highest BCUT2D eigenvalue weighted by Crippen LogP contribution is 2.52. The van der Waals surface area contributed by atoms with E-state index in [0.29, 0.717) is 43.2 Å². The molecule has 158 valence electrons.